The molecule has 2 N–H and O–H groups in total. The van der Waals surface area contributed by atoms with Gasteiger partial charge < -0.3 is 5.73 Å². The Balaban J connectivity index is 3.26. The first-order valence-corrected chi connectivity index (χ1v) is 4.86. The first-order chi connectivity index (χ1) is 6.04. The van der Waals surface area contributed by atoms with Gasteiger partial charge in [-0.1, -0.05) is 33.1 Å². The zero-order chi connectivity index (χ0) is 10.3. The number of carbonyl (C=O) groups is 2. The van der Waals surface area contributed by atoms with Crippen molar-refractivity contribution < 1.29 is 9.59 Å². The molecule has 0 rings (SSSR count). The molecule has 0 aromatic rings. The van der Waals surface area contributed by atoms with E-state index < -0.39 is 11.7 Å². The van der Waals surface area contributed by atoms with E-state index in [0.717, 1.165) is 19.3 Å². The van der Waals surface area contributed by atoms with Crippen molar-refractivity contribution in [2.45, 2.75) is 46.0 Å². The van der Waals surface area contributed by atoms with Crippen LogP contribution in [0.4, 0.5) is 0 Å². The van der Waals surface area contributed by atoms with Crippen LogP contribution < -0.4 is 5.73 Å². The average Bonchev–Trinajstić information content (AvgIpc) is 2.02. The summed E-state index contributed by atoms with van der Waals surface area (Å²) in [5.41, 5.74) is 4.81. The third kappa shape index (κ3) is 7.50. The van der Waals surface area contributed by atoms with Gasteiger partial charge in [-0.15, -0.1) is 0 Å². The van der Waals surface area contributed by atoms with Crippen LogP contribution in [-0.4, -0.2) is 11.7 Å². The molecule has 3 nitrogen and oxygen atoms in total. The number of hydrogen-bond acceptors (Lipinski definition) is 2. The summed E-state index contributed by atoms with van der Waals surface area (Å²) in [6.07, 6.45) is 4.42. The van der Waals surface area contributed by atoms with Crippen molar-refractivity contribution in [1.82, 2.24) is 0 Å². The van der Waals surface area contributed by atoms with Gasteiger partial charge in [0.2, 0.25) is 5.78 Å². The highest BCUT2D eigenvalue weighted by atomic mass is 16.2. The molecule has 13 heavy (non-hydrogen) atoms. The summed E-state index contributed by atoms with van der Waals surface area (Å²) in [5.74, 6) is -0.528. The highest BCUT2D eigenvalue weighted by molar-refractivity contribution is 6.35. The number of nitrogens with two attached hydrogens (primary N) is 1. The summed E-state index contributed by atoms with van der Waals surface area (Å²) in [7, 11) is 0. The van der Waals surface area contributed by atoms with Gasteiger partial charge in [-0.3, -0.25) is 9.59 Å². The van der Waals surface area contributed by atoms with E-state index in [4.69, 9.17) is 5.73 Å². The third-order valence-electron chi connectivity index (χ3n) is 1.96. The van der Waals surface area contributed by atoms with Crippen LogP contribution in [0.3, 0.4) is 0 Å². The fraction of sp³-hybridized carbons (Fsp3) is 0.800. The van der Waals surface area contributed by atoms with Gasteiger partial charge in [-0.05, 0) is 12.3 Å². The van der Waals surface area contributed by atoms with Crippen LogP contribution in [0, 0.1) is 5.92 Å². The van der Waals surface area contributed by atoms with E-state index in [0.29, 0.717) is 12.3 Å². The molecule has 0 fully saturated rings. The van der Waals surface area contributed by atoms with Crippen LogP contribution >= 0.6 is 0 Å². The second kappa shape index (κ2) is 6.63. The zero-order valence-electron chi connectivity index (χ0n) is 8.51. The van der Waals surface area contributed by atoms with Crippen LogP contribution in [0.15, 0.2) is 0 Å². The van der Waals surface area contributed by atoms with Crippen molar-refractivity contribution in [1.29, 1.82) is 0 Å². The van der Waals surface area contributed by atoms with Crippen LogP contribution in [0.1, 0.15) is 46.0 Å². The largest absolute Gasteiger partial charge is 0.363 e. The van der Waals surface area contributed by atoms with E-state index in [1.54, 1.807) is 0 Å². The molecule has 0 aliphatic heterocycles. The fourth-order valence-corrected chi connectivity index (χ4v) is 1.14. The summed E-state index contributed by atoms with van der Waals surface area (Å²) in [5, 5.41) is 0. The van der Waals surface area contributed by atoms with Gasteiger partial charge in [-0.25, -0.2) is 0 Å². The number of carbonyl (C=O) groups excluding carboxylic acids is 2. The van der Waals surface area contributed by atoms with Crippen LogP contribution in [0.2, 0.25) is 0 Å². The molecule has 76 valence electrons. The van der Waals surface area contributed by atoms with Gasteiger partial charge in [0, 0.05) is 6.42 Å². The Morgan fingerprint density at radius 3 is 2.23 bits per heavy atom. The number of ketones is 1. The molecule has 1 amide bonds. The smallest absolute Gasteiger partial charge is 0.284 e. The molecular weight excluding hydrogens is 166 g/mol. The first kappa shape index (κ1) is 12.1. The van der Waals surface area contributed by atoms with Crippen LogP contribution in [0.25, 0.3) is 0 Å². The number of unbranched alkanes of at least 4 members (excludes halogenated alkanes) is 2. The summed E-state index contributed by atoms with van der Waals surface area (Å²) < 4.78 is 0. The molecule has 0 unspecified atom stereocenters. The van der Waals surface area contributed by atoms with E-state index in [9.17, 15) is 9.59 Å². The number of rotatable bonds is 7. The average molecular weight is 185 g/mol. The van der Waals surface area contributed by atoms with E-state index in [2.05, 4.69) is 13.8 Å². The molecule has 0 radical (unpaired) electrons. The summed E-state index contributed by atoms with van der Waals surface area (Å²) in [6, 6.07) is 0. The van der Waals surface area contributed by atoms with Gasteiger partial charge in [-0.2, -0.15) is 0 Å². The second-order valence-electron chi connectivity index (χ2n) is 3.78. The minimum atomic E-state index is -0.802. The molecule has 0 aliphatic rings. The Labute approximate surface area is 79.7 Å². The summed E-state index contributed by atoms with van der Waals surface area (Å²) in [4.78, 5) is 21.1. The zero-order valence-corrected chi connectivity index (χ0v) is 8.51. The molecule has 0 bridgehead atoms. The van der Waals surface area contributed by atoms with Gasteiger partial charge in [0.05, 0.1) is 0 Å². The van der Waals surface area contributed by atoms with E-state index in [1.165, 1.54) is 6.42 Å². The lowest BCUT2D eigenvalue weighted by Crippen LogP contribution is -2.22. The number of Topliss-reactive ketones (excluding diaryl/α,β-unsaturated/α-hetero) is 1. The standard InChI is InChI=1S/C10H19NO2/c1-8(2)6-4-3-5-7-9(12)10(11)13/h8H,3-7H2,1-2H3,(H2,11,13). The quantitative estimate of drug-likeness (QED) is 0.484. The Hall–Kier alpha value is -0.860. The predicted molar refractivity (Wildman–Crippen MR) is 52.1 cm³/mol. The number of hydrogen-bond donors (Lipinski definition) is 1. The first-order valence-electron chi connectivity index (χ1n) is 4.86. The van der Waals surface area contributed by atoms with Crippen molar-refractivity contribution in [3.05, 3.63) is 0 Å². The van der Waals surface area contributed by atoms with Crippen molar-refractivity contribution in [2.75, 3.05) is 0 Å². The highest BCUT2D eigenvalue weighted by Gasteiger charge is 2.07. The fourth-order valence-electron chi connectivity index (χ4n) is 1.14. The summed E-state index contributed by atoms with van der Waals surface area (Å²) in [6.45, 7) is 4.35. The van der Waals surface area contributed by atoms with Crippen molar-refractivity contribution in [3.63, 3.8) is 0 Å². The molecule has 0 atom stereocenters. The Kier molecular flexibility index (Phi) is 6.20. The van der Waals surface area contributed by atoms with Gasteiger partial charge in [0.1, 0.15) is 0 Å². The minimum absolute atomic E-state index is 0.313. The minimum Gasteiger partial charge on any atom is -0.363 e. The maximum Gasteiger partial charge on any atom is 0.284 e. The monoisotopic (exact) mass is 185 g/mol. The molecule has 0 aromatic heterocycles. The maximum atomic E-state index is 10.8. The van der Waals surface area contributed by atoms with Crippen molar-refractivity contribution >= 4 is 11.7 Å². The van der Waals surface area contributed by atoms with E-state index in [1.807, 2.05) is 0 Å². The maximum absolute atomic E-state index is 10.8. The van der Waals surface area contributed by atoms with E-state index >= 15 is 0 Å². The molecule has 3 heteroatoms. The molecular formula is C10H19NO2. The van der Waals surface area contributed by atoms with Gasteiger partial charge in [0.15, 0.2) is 0 Å². The molecule has 0 heterocycles. The highest BCUT2D eigenvalue weighted by Crippen LogP contribution is 2.09. The number of primary amides is 1. The van der Waals surface area contributed by atoms with Crippen molar-refractivity contribution in [3.8, 4) is 0 Å². The Bertz CT molecular complexity index is 176. The van der Waals surface area contributed by atoms with Crippen molar-refractivity contribution in [2.24, 2.45) is 11.7 Å². The van der Waals surface area contributed by atoms with Gasteiger partial charge >= 0.3 is 0 Å². The Morgan fingerprint density at radius 1 is 1.15 bits per heavy atom. The lowest BCUT2D eigenvalue weighted by Gasteiger charge is -2.02. The normalized spacial score (nSPS) is 10.4. The predicted octanol–water partition coefficient (Wildman–Crippen LogP) is 1.65. The van der Waals surface area contributed by atoms with Crippen LogP contribution in [0.5, 0.6) is 0 Å². The Morgan fingerprint density at radius 2 is 1.77 bits per heavy atom. The molecule has 0 aromatic carbocycles. The van der Waals surface area contributed by atoms with E-state index in [-0.39, 0.29) is 0 Å². The van der Waals surface area contributed by atoms with Crippen LogP contribution in [-0.2, 0) is 9.59 Å². The molecule has 0 aliphatic carbocycles. The lowest BCUT2D eigenvalue weighted by atomic mass is 10.0. The third-order valence-corrected chi connectivity index (χ3v) is 1.96. The number of amides is 1. The summed E-state index contributed by atoms with van der Waals surface area (Å²) >= 11 is 0. The molecule has 0 spiro atoms. The molecule has 0 saturated carbocycles. The molecule has 0 saturated heterocycles. The topological polar surface area (TPSA) is 60.2 Å². The lowest BCUT2D eigenvalue weighted by molar-refractivity contribution is -0.136. The van der Waals surface area contributed by atoms with Gasteiger partial charge in [0.25, 0.3) is 5.91 Å². The SMILES string of the molecule is CC(C)CCCCCC(=O)C(N)=O. The second-order valence-corrected chi connectivity index (χ2v) is 3.78.